The molecule has 8 aromatic rings. The summed E-state index contributed by atoms with van der Waals surface area (Å²) in [6.07, 6.45) is 8.37. The third-order valence-electron chi connectivity index (χ3n) is 12.7. The van der Waals surface area contributed by atoms with Crippen molar-refractivity contribution in [3.8, 4) is 17.3 Å². The van der Waals surface area contributed by atoms with Gasteiger partial charge in [0.1, 0.15) is 5.82 Å². The molecule has 0 aliphatic carbocycles. The molecule has 66 heavy (non-hydrogen) atoms. The average molecular weight is 1040 g/mol. The van der Waals surface area contributed by atoms with E-state index in [0.29, 0.717) is 11.5 Å². The van der Waals surface area contributed by atoms with Crippen molar-refractivity contribution in [2.45, 2.75) is 52.4 Å². The molecule has 3 aliphatic rings. The molecule has 6 aromatic carbocycles. The molecule has 328 valence electrons. The molecule has 0 unspecified atom stereocenters. The Bertz CT molecular complexity index is 3260. The van der Waals surface area contributed by atoms with Crippen molar-refractivity contribution in [1.82, 2.24) is 14.4 Å². The normalized spacial score (nSPS) is 14.7. The maximum Gasteiger partial charge on any atom is 0.313 e. The summed E-state index contributed by atoms with van der Waals surface area (Å²) in [4.78, 5) is 11.8. The standard InChI is InChI=1S/C58H49BN5O.Pt/c1-57(2,3)42-27-25-40(26-28-42)49-38-59-32-14-15-34-63(59)55(41-17-8-7-9-18-41)56(49)62-39-61(51-23-12-13-24-52(51)62)44-19-16-20-45(36-44)65-46-29-30-48-47-21-10-11-22-50(47)64(53(48)37-46)54-35-43(31-33-60-54)58(4,5)6;/h7-35,38-39H,1-6H3;/q-3;. The van der Waals surface area contributed by atoms with Crippen molar-refractivity contribution < 1.29 is 25.8 Å². The van der Waals surface area contributed by atoms with Gasteiger partial charge in [-0.1, -0.05) is 150 Å². The van der Waals surface area contributed by atoms with Gasteiger partial charge < -0.3 is 23.9 Å². The summed E-state index contributed by atoms with van der Waals surface area (Å²) in [5.74, 6) is 6.71. The minimum Gasteiger partial charge on any atom is -0.509 e. The predicted molar refractivity (Wildman–Crippen MR) is 269 cm³/mol. The molecular formula is C58H49BN5OPt-3. The monoisotopic (exact) mass is 1040 g/mol. The molecule has 5 heterocycles. The van der Waals surface area contributed by atoms with Crippen molar-refractivity contribution in [1.29, 1.82) is 0 Å². The van der Waals surface area contributed by atoms with Gasteiger partial charge in [-0.05, 0) is 86.7 Å². The molecule has 11 rings (SSSR count). The van der Waals surface area contributed by atoms with Crippen LogP contribution in [-0.2, 0) is 31.9 Å². The van der Waals surface area contributed by atoms with Crippen LogP contribution in [0.4, 0.5) is 17.1 Å². The maximum atomic E-state index is 6.69. The van der Waals surface area contributed by atoms with Crippen LogP contribution >= 0.6 is 0 Å². The molecule has 0 amide bonds. The number of allylic oxidation sites excluding steroid dienone is 3. The van der Waals surface area contributed by atoms with Gasteiger partial charge in [0.2, 0.25) is 0 Å². The zero-order valence-corrected chi connectivity index (χ0v) is 40.2. The first-order valence-electron chi connectivity index (χ1n) is 22.4. The molecule has 0 bridgehead atoms. The van der Waals surface area contributed by atoms with Crippen molar-refractivity contribution in [3.05, 3.63) is 229 Å². The van der Waals surface area contributed by atoms with Gasteiger partial charge in [0, 0.05) is 61.3 Å². The fraction of sp³-hybridized carbons (Fsp3) is 0.138. The summed E-state index contributed by atoms with van der Waals surface area (Å²) >= 11 is 0. The number of fused-ring (bicyclic) bond motifs is 5. The second-order valence-corrected chi connectivity index (χ2v) is 19.0. The summed E-state index contributed by atoms with van der Waals surface area (Å²) in [6.45, 7) is 15.7. The number of anilines is 3. The molecule has 0 radical (unpaired) electrons. The maximum absolute atomic E-state index is 6.69. The van der Waals surface area contributed by atoms with E-state index in [0.717, 1.165) is 61.6 Å². The summed E-state index contributed by atoms with van der Waals surface area (Å²) in [6, 6.07) is 58.7. The number of aromatic nitrogens is 2. The van der Waals surface area contributed by atoms with E-state index in [1.807, 2.05) is 24.4 Å². The van der Waals surface area contributed by atoms with E-state index in [-0.39, 0.29) is 38.7 Å². The van der Waals surface area contributed by atoms with Crippen LogP contribution in [0.3, 0.4) is 0 Å². The molecule has 8 heteroatoms. The summed E-state index contributed by atoms with van der Waals surface area (Å²) in [7, 11) is 0. The van der Waals surface area contributed by atoms with Crippen LogP contribution in [0.2, 0.25) is 0 Å². The van der Waals surface area contributed by atoms with Crippen LogP contribution in [0.25, 0.3) is 38.9 Å². The topological polar surface area (TPSA) is 36.8 Å². The molecule has 0 spiro atoms. The largest absolute Gasteiger partial charge is 0.509 e. The molecule has 0 N–H and O–H groups in total. The molecule has 3 aliphatic heterocycles. The van der Waals surface area contributed by atoms with Crippen molar-refractivity contribution in [2.75, 3.05) is 9.80 Å². The molecule has 0 fully saturated rings. The number of rotatable bonds is 7. The van der Waals surface area contributed by atoms with Gasteiger partial charge in [0.25, 0.3) is 0 Å². The van der Waals surface area contributed by atoms with E-state index in [4.69, 9.17) is 9.72 Å². The summed E-state index contributed by atoms with van der Waals surface area (Å²) < 4.78 is 8.88. The van der Waals surface area contributed by atoms with Crippen LogP contribution < -0.4 is 14.5 Å². The van der Waals surface area contributed by atoms with E-state index >= 15 is 0 Å². The molecule has 6 nitrogen and oxygen atoms in total. The van der Waals surface area contributed by atoms with E-state index in [9.17, 15) is 0 Å². The minimum atomic E-state index is -0.0280. The summed E-state index contributed by atoms with van der Waals surface area (Å²) in [5.41, 5.74) is 13.2. The van der Waals surface area contributed by atoms with Crippen molar-refractivity contribution >= 4 is 57.0 Å². The van der Waals surface area contributed by atoms with Gasteiger partial charge >= 0.3 is 6.85 Å². The molecule has 0 saturated carbocycles. The second kappa shape index (κ2) is 16.9. The van der Waals surface area contributed by atoms with E-state index in [1.165, 1.54) is 22.3 Å². The zero-order chi connectivity index (χ0) is 44.5. The van der Waals surface area contributed by atoms with Gasteiger partial charge in [0.05, 0.1) is 5.70 Å². The first-order chi connectivity index (χ1) is 31.5. The van der Waals surface area contributed by atoms with Crippen LogP contribution in [-0.4, -0.2) is 21.2 Å². The number of pyridine rings is 1. The molecule has 0 saturated heterocycles. The van der Waals surface area contributed by atoms with E-state index in [1.54, 1.807) is 0 Å². The Balaban J connectivity index is 0.00000511. The quantitative estimate of drug-likeness (QED) is 0.117. The number of hydrogen-bond donors (Lipinski definition) is 0. The number of nitrogens with zero attached hydrogens (tertiary/aromatic N) is 5. The van der Waals surface area contributed by atoms with E-state index in [2.05, 4.69) is 237 Å². The first-order valence-corrected chi connectivity index (χ1v) is 22.4. The Labute approximate surface area is 403 Å². The van der Waals surface area contributed by atoms with Gasteiger partial charge in [-0.2, -0.15) is 12.1 Å². The van der Waals surface area contributed by atoms with Gasteiger partial charge in [-0.3, -0.25) is 0 Å². The Hall–Kier alpha value is -6.82. The van der Waals surface area contributed by atoms with Crippen LogP contribution in [0, 0.1) is 18.8 Å². The molecule has 0 atom stereocenters. The zero-order valence-electron chi connectivity index (χ0n) is 37.9. The van der Waals surface area contributed by atoms with Gasteiger partial charge in [-0.25, -0.2) is 4.98 Å². The van der Waals surface area contributed by atoms with Crippen LogP contribution in [0.5, 0.6) is 11.5 Å². The van der Waals surface area contributed by atoms with Gasteiger partial charge in [0.15, 0.2) is 0 Å². The molecular weight excluding hydrogens is 989 g/mol. The van der Waals surface area contributed by atoms with Crippen LogP contribution in [0.1, 0.15) is 63.8 Å². The second-order valence-electron chi connectivity index (χ2n) is 19.0. The number of para-hydroxylation sites is 3. The summed E-state index contributed by atoms with van der Waals surface area (Å²) in [5, 5.41) is 2.23. The number of hydrogen-bond acceptors (Lipinski definition) is 5. The Kier molecular flexibility index (Phi) is 11.0. The fourth-order valence-corrected chi connectivity index (χ4v) is 9.30. The Morgan fingerprint density at radius 1 is 0.606 bits per heavy atom. The number of benzene rings is 6. The fourth-order valence-electron chi connectivity index (χ4n) is 9.30. The first kappa shape index (κ1) is 43.1. The Morgan fingerprint density at radius 3 is 2.09 bits per heavy atom. The average Bonchev–Trinajstić information content (AvgIpc) is 3.87. The van der Waals surface area contributed by atoms with E-state index < -0.39 is 0 Å². The van der Waals surface area contributed by atoms with Crippen molar-refractivity contribution in [2.24, 2.45) is 0 Å². The third-order valence-corrected chi connectivity index (χ3v) is 12.7. The predicted octanol–water partition coefficient (Wildman–Crippen LogP) is 14.2. The smallest absolute Gasteiger partial charge is 0.313 e. The SMILES string of the molecule is CC(C)(C)c1ccc(C2=CB3C=CC=CN3C(c3ccccc3)=C2N2[CH-]N(c3[c-]c(Oc4[c-]c5c(cc4)c4ccccc4n5-c4cc(C(C)(C)C)ccn4)ccc3)c3ccccc32)cc1.[Pt]. The molecule has 2 aromatic heterocycles. The minimum absolute atomic E-state index is 0. The Morgan fingerprint density at radius 2 is 1.32 bits per heavy atom. The van der Waals surface area contributed by atoms with Crippen molar-refractivity contribution in [3.63, 3.8) is 0 Å². The van der Waals surface area contributed by atoms with Crippen LogP contribution in [0.15, 0.2) is 188 Å². The number of ether oxygens (including phenoxy) is 1. The van der Waals surface area contributed by atoms with Gasteiger partial charge in [-0.15, -0.1) is 48.1 Å². The third kappa shape index (κ3) is 7.69.